The minimum atomic E-state index is -4.63. The second kappa shape index (κ2) is 5.76. The second-order valence-electron chi connectivity index (χ2n) is 3.35. The molecule has 0 radical (unpaired) electrons. The summed E-state index contributed by atoms with van der Waals surface area (Å²) in [5, 5.41) is 8.99. The molecule has 0 aliphatic heterocycles. The van der Waals surface area contributed by atoms with Crippen LogP contribution in [0, 0.1) is 0 Å². The van der Waals surface area contributed by atoms with Crippen LogP contribution in [0.5, 0.6) is 0 Å². The van der Waals surface area contributed by atoms with Crippen molar-refractivity contribution in [3.8, 4) is 0 Å². The fourth-order valence-corrected chi connectivity index (χ4v) is 6.75. The topological polar surface area (TPSA) is 118 Å². The minimum absolute atomic E-state index is 0.202. The van der Waals surface area contributed by atoms with Gasteiger partial charge in [-0.05, 0) is 0 Å². The normalized spacial score (nSPS) is 10.6. The van der Waals surface area contributed by atoms with Crippen molar-refractivity contribution in [3.05, 3.63) is 23.8 Å². The number of carbonyl (C=O) groups excluding carboxylic acids is 1. The van der Waals surface area contributed by atoms with Gasteiger partial charge in [-0.15, -0.1) is 0 Å². The van der Waals surface area contributed by atoms with E-state index in [-0.39, 0.29) is 3.07 Å². The summed E-state index contributed by atoms with van der Waals surface area (Å²) in [4.78, 5) is 21.1. The molecule has 0 aromatic heterocycles. The Morgan fingerprint density at radius 3 is 2.39 bits per heavy atom. The SMILES string of the molecule is CC(=O)[O][Hg][c]1cccc(S(=O)(=O)O)c1C(=O)O. The molecule has 7 nitrogen and oxygen atoms in total. The molecule has 9 heteroatoms. The van der Waals surface area contributed by atoms with Crippen LogP contribution < -0.4 is 3.07 Å². The van der Waals surface area contributed by atoms with Gasteiger partial charge in [0.1, 0.15) is 0 Å². The predicted octanol–water partition coefficient (Wildman–Crippen LogP) is -0.183. The van der Waals surface area contributed by atoms with Crippen LogP contribution in [0.25, 0.3) is 0 Å². The monoisotopic (exact) mass is 462 g/mol. The number of hydrogen-bond acceptors (Lipinski definition) is 5. The number of carboxylic acid groups (broad SMARTS) is 1. The molecule has 18 heavy (non-hydrogen) atoms. The number of hydrogen-bond donors (Lipinski definition) is 2. The van der Waals surface area contributed by atoms with Crippen molar-refractivity contribution in [2.75, 3.05) is 0 Å². The summed E-state index contributed by atoms with van der Waals surface area (Å²) in [6.07, 6.45) is 0. The van der Waals surface area contributed by atoms with E-state index in [0.717, 1.165) is 6.07 Å². The van der Waals surface area contributed by atoms with Crippen molar-refractivity contribution < 1.29 is 55.3 Å². The zero-order valence-corrected chi connectivity index (χ0v) is 15.6. The summed E-state index contributed by atoms with van der Waals surface area (Å²) in [6, 6.07) is 3.68. The van der Waals surface area contributed by atoms with Crippen LogP contribution in [0.1, 0.15) is 17.3 Å². The van der Waals surface area contributed by atoms with Crippen molar-refractivity contribution in [1.29, 1.82) is 0 Å². The molecule has 0 saturated heterocycles. The van der Waals surface area contributed by atoms with Crippen LogP contribution >= 0.6 is 0 Å². The van der Waals surface area contributed by atoms with Gasteiger partial charge >= 0.3 is 116 Å². The molecule has 0 heterocycles. The second-order valence-corrected chi connectivity index (χ2v) is 9.95. The van der Waals surface area contributed by atoms with Gasteiger partial charge in [-0.3, -0.25) is 0 Å². The Bertz CT molecular complexity index is 593. The van der Waals surface area contributed by atoms with Crippen LogP contribution in [0.3, 0.4) is 0 Å². The first-order valence-electron chi connectivity index (χ1n) is 4.69. The van der Waals surface area contributed by atoms with Gasteiger partial charge in [0.15, 0.2) is 0 Å². The van der Waals surface area contributed by atoms with Gasteiger partial charge in [-0.2, -0.15) is 0 Å². The number of rotatable bonds is 4. The summed E-state index contributed by atoms with van der Waals surface area (Å²) in [5.74, 6) is -2.02. The summed E-state index contributed by atoms with van der Waals surface area (Å²) < 4.78 is 36.1. The quantitative estimate of drug-likeness (QED) is 0.472. The Hall–Kier alpha value is -0.995. The molecule has 0 atom stereocenters. The molecule has 0 saturated carbocycles. The molecule has 0 aliphatic rings. The molecule has 0 amide bonds. The van der Waals surface area contributed by atoms with E-state index < -0.39 is 57.5 Å². The third-order valence-electron chi connectivity index (χ3n) is 2.04. The molecule has 94 valence electrons. The average molecular weight is 461 g/mol. The fraction of sp³-hybridized carbons (Fsp3) is 0.111. The van der Waals surface area contributed by atoms with Crippen molar-refractivity contribution in [2.24, 2.45) is 0 Å². The summed E-state index contributed by atoms with van der Waals surface area (Å²) in [6.45, 7) is 1.19. The van der Waals surface area contributed by atoms with Crippen LogP contribution in [0.15, 0.2) is 23.1 Å². The molecule has 1 aromatic rings. The van der Waals surface area contributed by atoms with Crippen molar-refractivity contribution in [3.63, 3.8) is 0 Å². The number of carboxylic acids is 1. The van der Waals surface area contributed by atoms with Crippen molar-refractivity contribution in [2.45, 2.75) is 11.8 Å². The molecule has 2 N–H and O–H groups in total. The maximum atomic E-state index is 11.1. The van der Waals surface area contributed by atoms with Gasteiger partial charge in [0.05, 0.1) is 0 Å². The van der Waals surface area contributed by atoms with E-state index in [1.165, 1.54) is 19.1 Å². The van der Waals surface area contributed by atoms with Crippen LogP contribution in [0.2, 0.25) is 0 Å². The molecule has 1 rings (SSSR count). The zero-order valence-electron chi connectivity index (χ0n) is 9.28. The number of benzene rings is 1. The Morgan fingerprint density at radius 2 is 1.94 bits per heavy atom. The van der Waals surface area contributed by atoms with Gasteiger partial charge in [-0.25, -0.2) is 0 Å². The van der Waals surface area contributed by atoms with E-state index in [2.05, 4.69) is 0 Å². The first-order valence-corrected chi connectivity index (χ1v) is 11.1. The molecular formula is C9H8HgO7S. The average Bonchev–Trinajstić information content (AvgIpc) is 2.24. The predicted molar refractivity (Wildman–Crippen MR) is 54.6 cm³/mol. The van der Waals surface area contributed by atoms with Crippen LogP contribution in [-0.2, 0) is 42.6 Å². The zero-order chi connectivity index (χ0) is 13.9. The van der Waals surface area contributed by atoms with E-state index in [9.17, 15) is 18.0 Å². The van der Waals surface area contributed by atoms with Gasteiger partial charge in [0.2, 0.25) is 0 Å². The van der Waals surface area contributed by atoms with Gasteiger partial charge in [0, 0.05) is 0 Å². The molecular weight excluding hydrogens is 453 g/mol. The molecule has 0 fully saturated rings. The molecule has 0 bridgehead atoms. The van der Waals surface area contributed by atoms with E-state index in [1.807, 2.05) is 0 Å². The Morgan fingerprint density at radius 1 is 1.33 bits per heavy atom. The summed E-state index contributed by atoms with van der Waals surface area (Å²) >= 11 is -2.51. The fourth-order valence-electron chi connectivity index (χ4n) is 1.33. The Labute approximate surface area is 116 Å². The van der Waals surface area contributed by atoms with Gasteiger partial charge in [0.25, 0.3) is 0 Å². The van der Waals surface area contributed by atoms with Crippen LogP contribution in [-0.4, -0.2) is 30.0 Å². The molecule has 1 aromatic carbocycles. The van der Waals surface area contributed by atoms with E-state index in [0.29, 0.717) is 0 Å². The van der Waals surface area contributed by atoms with Gasteiger partial charge in [-0.1, -0.05) is 0 Å². The molecule has 0 aliphatic carbocycles. The standard InChI is InChI=1S/C7H5O5S.C2H4O2.Hg/c8-7(9)5-3-1-2-4-6(5)13(10,11)12;1-2(3)4;/h1-2,4H,(H,8,9)(H,10,11,12);1H3,(H,3,4);/q;;+1/p-1. The summed E-state index contributed by atoms with van der Waals surface area (Å²) in [7, 11) is -4.63. The van der Waals surface area contributed by atoms with Crippen molar-refractivity contribution in [1.82, 2.24) is 0 Å². The molecule has 0 unspecified atom stereocenters. The van der Waals surface area contributed by atoms with Gasteiger partial charge < -0.3 is 0 Å². The Balaban J connectivity index is 3.36. The van der Waals surface area contributed by atoms with Crippen molar-refractivity contribution >= 4 is 25.1 Å². The number of aromatic carboxylic acids is 1. The van der Waals surface area contributed by atoms with E-state index in [1.54, 1.807) is 0 Å². The first-order chi connectivity index (χ1) is 8.23. The third-order valence-corrected chi connectivity index (χ3v) is 8.57. The third kappa shape index (κ3) is 3.75. The molecule has 0 spiro atoms. The Kier molecular flexibility index (Phi) is 4.82. The van der Waals surface area contributed by atoms with E-state index in [4.69, 9.17) is 12.3 Å². The number of carbonyl (C=O) groups is 2. The first kappa shape index (κ1) is 15.1. The summed E-state index contributed by atoms with van der Waals surface area (Å²) in [5.41, 5.74) is -0.511. The van der Waals surface area contributed by atoms with E-state index >= 15 is 0 Å². The maximum absolute atomic E-state index is 11.1. The van der Waals surface area contributed by atoms with Crippen LogP contribution in [0.4, 0.5) is 0 Å².